The van der Waals surface area contributed by atoms with E-state index in [2.05, 4.69) is 99.9 Å². The minimum absolute atomic E-state index is 0.490. The Hall–Kier alpha value is -2.04. The molecule has 0 spiro atoms. The highest BCUT2D eigenvalue weighted by Crippen LogP contribution is 2.38. The number of rotatable bonds is 17. The van der Waals surface area contributed by atoms with E-state index in [4.69, 9.17) is 9.47 Å². The van der Waals surface area contributed by atoms with Crippen LogP contribution in [-0.4, -0.2) is 62.3 Å². The lowest BCUT2D eigenvalue weighted by Crippen LogP contribution is -2.27. The third-order valence-electron chi connectivity index (χ3n) is 7.12. The van der Waals surface area contributed by atoms with Gasteiger partial charge < -0.3 is 19.3 Å². The molecule has 0 aliphatic heterocycles. The molecule has 2 atom stereocenters. The van der Waals surface area contributed by atoms with Gasteiger partial charge in [-0.3, -0.25) is 0 Å². The van der Waals surface area contributed by atoms with E-state index < -0.39 is 0 Å². The van der Waals surface area contributed by atoms with Crippen LogP contribution in [-0.2, 0) is 0 Å². The van der Waals surface area contributed by atoms with E-state index in [-0.39, 0.29) is 0 Å². The highest BCUT2D eigenvalue weighted by Gasteiger charge is 2.22. The van der Waals surface area contributed by atoms with Crippen LogP contribution in [0.5, 0.6) is 11.5 Å². The number of hydrogen-bond acceptors (Lipinski definition) is 4. The molecule has 0 bridgehead atoms. The van der Waals surface area contributed by atoms with Crippen molar-refractivity contribution in [3.63, 3.8) is 0 Å². The van der Waals surface area contributed by atoms with E-state index in [1.165, 1.54) is 11.1 Å². The van der Waals surface area contributed by atoms with Crippen molar-refractivity contribution in [2.45, 2.75) is 66.2 Å². The van der Waals surface area contributed by atoms with E-state index >= 15 is 0 Å². The van der Waals surface area contributed by atoms with Gasteiger partial charge in [0, 0.05) is 13.1 Å². The highest BCUT2D eigenvalue weighted by atomic mass is 16.5. The van der Waals surface area contributed by atoms with Crippen molar-refractivity contribution in [1.29, 1.82) is 0 Å². The Balaban J connectivity index is 1.98. The standard InChI is InChI=1S/C30H48N2O2/c1-7-29(25-13-17-27(18-14-25)33-23-21-31(9-3)10-4)30(8-2)26-15-19-28(20-16-26)34-24-22-32(11-5)12-6/h13-20,29-30H,7-12,21-24H2,1-6H3/t29-,30-/m0/s1. The fourth-order valence-corrected chi connectivity index (χ4v) is 4.79. The second kappa shape index (κ2) is 15.8. The lowest BCUT2D eigenvalue weighted by atomic mass is 9.78. The third-order valence-corrected chi connectivity index (χ3v) is 7.12. The van der Waals surface area contributed by atoms with Crippen molar-refractivity contribution in [2.75, 3.05) is 52.5 Å². The molecular formula is C30H48N2O2. The van der Waals surface area contributed by atoms with Gasteiger partial charge in [0.15, 0.2) is 0 Å². The second-order valence-electron chi connectivity index (χ2n) is 8.92. The summed E-state index contributed by atoms with van der Waals surface area (Å²) in [6.45, 7) is 21.1. The van der Waals surface area contributed by atoms with Crippen LogP contribution >= 0.6 is 0 Å². The predicted molar refractivity (Wildman–Crippen MR) is 146 cm³/mol. The largest absolute Gasteiger partial charge is 0.492 e. The summed E-state index contributed by atoms with van der Waals surface area (Å²) in [5.41, 5.74) is 2.79. The Morgan fingerprint density at radius 2 is 0.853 bits per heavy atom. The smallest absolute Gasteiger partial charge is 0.119 e. The predicted octanol–water partition coefficient (Wildman–Crippen LogP) is 6.82. The summed E-state index contributed by atoms with van der Waals surface area (Å²) in [6, 6.07) is 17.6. The molecule has 34 heavy (non-hydrogen) atoms. The van der Waals surface area contributed by atoms with Crippen molar-refractivity contribution < 1.29 is 9.47 Å². The molecule has 4 nitrogen and oxygen atoms in total. The van der Waals surface area contributed by atoms with Gasteiger partial charge in [-0.15, -0.1) is 0 Å². The van der Waals surface area contributed by atoms with Gasteiger partial charge in [-0.1, -0.05) is 65.8 Å². The normalized spacial score (nSPS) is 13.3. The molecule has 0 saturated heterocycles. The van der Waals surface area contributed by atoms with Gasteiger partial charge in [-0.05, 0) is 86.2 Å². The first-order valence-electron chi connectivity index (χ1n) is 13.5. The lowest BCUT2D eigenvalue weighted by Gasteiger charge is -2.27. The maximum atomic E-state index is 6.00. The SMILES string of the molecule is CC[C@@H](c1ccc(OCCN(CC)CC)cc1)[C@@H](CC)c1ccc(OCCN(CC)CC)cc1. The average Bonchev–Trinajstić information content (AvgIpc) is 2.88. The maximum Gasteiger partial charge on any atom is 0.119 e. The summed E-state index contributed by atoms with van der Waals surface area (Å²) in [5.74, 6) is 2.91. The molecule has 0 unspecified atom stereocenters. The van der Waals surface area contributed by atoms with Crippen LogP contribution in [0.1, 0.15) is 77.3 Å². The molecule has 2 aromatic carbocycles. The van der Waals surface area contributed by atoms with Gasteiger partial charge in [0.2, 0.25) is 0 Å². The zero-order valence-corrected chi connectivity index (χ0v) is 22.6. The molecule has 190 valence electrons. The number of likely N-dealkylation sites (N-methyl/N-ethyl adjacent to an activating group) is 2. The molecule has 0 aromatic heterocycles. The van der Waals surface area contributed by atoms with Gasteiger partial charge in [-0.2, -0.15) is 0 Å². The topological polar surface area (TPSA) is 24.9 Å². The number of hydrogen-bond donors (Lipinski definition) is 0. The molecule has 2 rings (SSSR count). The van der Waals surface area contributed by atoms with E-state index in [0.717, 1.165) is 76.8 Å². The van der Waals surface area contributed by atoms with Crippen LogP contribution in [0, 0.1) is 0 Å². The Bertz CT molecular complexity index is 700. The van der Waals surface area contributed by atoms with Crippen molar-refractivity contribution in [2.24, 2.45) is 0 Å². The summed E-state index contributed by atoms with van der Waals surface area (Å²) in [7, 11) is 0. The summed E-state index contributed by atoms with van der Waals surface area (Å²) >= 11 is 0. The van der Waals surface area contributed by atoms with Crippen LogP contribution in [0.25, 0.3) is 0 Å². The van der Waals surface area contributed by atoms with Gasteiger partial charge in [0.05, 0.1) is 0 Å². The molecule has 0 aliphatic rings. The average molecular weight is 469 g/mol. The first kappa shape index (κ1) is 28.2. The van der Waals surface area contributed by atoms with Gasteiger partial charge >= 0.3 is 0 Å². The summed E-state index contributed by atoms with van der Waals surface area (Å²) in [5, 5.41) is 0. The zero-order chi connectivity index (χ0) is 24.8. The minimum Gasteiger partial charge on any atom is -0.492 e. The van der Waals surface area contributed by atoms with Crippen LogP contribution in [0.2, 0.25) is 0 Å². The Kier molecular flexibility index (Phi) is 13.1. The van der Waals surface area contributed by atoms with Gasteiger partial charge in [0.1, 0.15) is 24.7 Å². The maximum absolute atomic E-state index is 6.00. The Morgan fingerprint density at radius 1 is 0.529 bits per heavy atom. The molecule has 0 aliphatic carbocycles. The molecule has 0 amide bonds. The van der Waals surface area contributed by atoms with Crippen molar-refractivity contribution >= 4 is 0 Å². The van der Waals surface area contributed by atoms with Gasteiger partial charge in [-0.25, -0.2) is 0 Å². The molecule has 0 heterocycles. The fraction of sp³-hybridized carbons (Fsp3) is 0.600. The lowest BCUT2D eigenvalue weighted by molar-refractivity contribution is 0.222. The first-order chi connectivity index (χ1) is 16.6. The van der Waals surface area contributed by atoms with E-state index in [9.17, 15) is 0 Å². The van der Waals surface area contributed by atoms with Crippen LogP contribution in [0.15, 0.2) is 48.5 Å². The van der Waals surface area contributed by atoms with Crippen LogP contribution in [0.4, 0.5) is 0 Å². The van der Waals surface area contributed by atoms with E-state index in [0.29, 0.717) is 11.8 Å². The molecule has 0 N–H and O–H groups in total. The summed E-state index contributed by atoms with van der Waals surface area (Å²) in [6.07, 6.45) is 2.23. The molecule has 2 aromatic rings. The second-order valence-corrected chi connectivity index (χ2v) is 8.92. The molecule has 4 heteroatoms. The summed E-state index contributed by atoms with van der Waals surface area (Å²) < 4.78 is 12.0. The fourth-order valence-electron chi connectivity index (χ4n) is 4.79. The number of benzene rings is 2. The molecule has 0 radical (unpaired) electrons. The number of nitrogens with zero attached hydrogens (tertiary/aromatic N) is 2. The number of ether oxygens (including phenoxy) is 2. The quantitative estimate of drug-likeness (QED) is 0.254. The van der Waals surface area contributed by atoms with Crippen molar-refractivity contribution in [3.8, 4) is 11.5 Å². The van der Waals surface area contributed by atoms with E-state index in [1.807, 2.05) is 0 Å². The van der Waals surface area contributed by atoms with Crippen molar-refractivity contribution in [3.05, 3.63) is 59.7 Å². The third kappa shape index (κ3) is 8.63. The van der Waals surface area contributed by atoms with E-state index in [1.54, 1.807) is 0 Å². The molecule has 0 fully saturated rings. The summed E-state index contributed by atoms with van der Waals surface area (Å²) in [4.78, 5) is 4.77. The van der Waals surface area contributed by atoms with Crippen LogP contribution < -0.4 is 9.47 Å². The minimum atomic E-state index is 0.490. The first-order valence-corrected chi connectivity index (χ1v) is 13.5. The molecular weight excluding hydrogens is 420 g/mol. The highest BCUT2D eigenvalue weighted by molar-refractivity contribution is 5.35. The van der Waals surface area contributed by atoms with Crippen molar-refractivity contribution in [1.82, 2.24) is 9.80 Å². The van der Waals surface area contributed by atoms with Gasteiger partial charge in [0.25, 0.3) is 0 Å². The Labute approximate surface area is 209 Å². The van der Waals surface area contributed by atoms with Crippen LogP contribution in [0.3, 0.4) is 0 Å². The molecule has 0 saturated carbocycles. The zero-order valence-electron chi connectivity index (χ0n) is 22.6. The monoisotopic (exact) mass is 468 g/mol. The Morgan fingerprint density at radius 3 is 1.12 bits per heavy atom.